The number of nitrogens with zero attached hydrogens (tertiary/aromatic N) is 1. The predicted molar refractivity (Wildman–Crippen MR) is 163 cm³/mol. The van der Waals surface area contributed by atoms with Crippen LogP contribution in [0, 0.1) is 0 Å². The van der Waals surface area contributed by atoms with Crippen LogP contribution < -0.4 is 4.90 Å². The van der Waals surface area contributed by atoms with Gasteiger partial charge in [-0.3, -0.25) is 0 Å². The van der Waals surface area contributed by atoms with Crippen molar-refractivity contribution in [2.75, 3.05) is 4.90 Å². The van der Waals surface area contributed by atoms with Gasteiger partial charge in [-0.2, -0.15) is 0 Å². The van der Waals surface area contributed by atoms with Crippen molar-refractivity contribution in [3.63, 3.8) is 0 Å². The van der Waals surface area contributed by atoms with Gasteiger partial charge in [0.1, 0.15) is 33.5 Å². The lowest BCUT2D eigenvalue weighted by Gasteiger charge is -2.26. The van der Waals surface area contributed by atoms with Crippen molar-refractivity contribution in [2.45, 2.75) is 0 Å². The van der Waals surface area contributed by atoms with E-state index < -0.39 is 0 Å². The average Bonchev–Trinajstić information content (AvgIpc) is 3.69. The van der Waals surface area contributed by atoms with Gasteiger partial charge in [-0.05, 0) is 48.5 Å². The third kappa shape index (κ3) is 2.90. The highest BCUT2D eigenvalue weighted by Gasteiger charge is 2.26. The minimum Gasteiger partial charge on any atom is -0.456 e. The molecule has 0 N–H and O–H groups in total. The zero-order valence-electron chi connectivity index (χ0n) is 21.3. The molecule has 0 saturated heterocycles. The maximum absolute atomic E-state index is 6.72. The Balaban J connectivity index is 1.50. The van der Waals surface area contributed by atoms with Gasteiger partial charge in [0.15, 0.2) is 0 Å². The lowest BCUT2D eigenvalue weighted by Crippen LogP contribution is -2.10. The summed E-state index contributed by atoms with van der Waals surface area (Å²) in [5.41, 5.74) is 8.02. The fourth-order valence-electron chi connectivity index (χ4n) is 6.18. The van der Waals surface area contributed by atoms with Gasteiger partial charge < -0.3 is 18.2 Å². The van der Waals surface area contributed by atoms with Crippen LogP contribution >= 0.6 is 0 Å². The molecular formula is C36H21NO3. The van der Waals surface area contributed by atoms with Crippen molar-refractivity contribution >= 4 is 82.9 Å². The van der Waals surface area contributed by atoms with Crippen molar-refractivity contribution in [3.05, 3.63) is 127 Å². The topological polar surface area (TPSA) is 42.7 Å². The summed E-state index contributed by atoms with van der Waals surface area (Å²) in [6.45, 7) is 0. The molecule has 4 nitrogen and oxygen atoms in total. The number of para-hydroxylation sites is 4. The second kappa shape index (κ2) is 8.01. The largest absolute Gasteiger partial charge is 0.456 e. The second-order valence-corrected chi connectivity index (χ2v) is 10.1. The minimum atomic E-state index is 0.770. The number of hydrogen-bond donors (Lipinski definition) is 0. The van der Waals surface area contributed by atoms with Gasteiger partial charge in [0.25, 0.3) is 0 Å². The van der Waals surface area contributed by atoms with Crippen LogP contribution in [0.2, 0.25) is 0 Å². The highest BCUT2D eigenvalue weighted by molar-refractivity contribution is 6.33. The molecule has 3 aromatic heterocycles. The minimum absolute atomic E-state index is 0.770. The molecule has 0 saturated carbocycles. The van der Waals surface area contributed by atoms with E-state index in [1.54, 1.807) is 0 Å². The van der Waals surface area contributed by atoms with Gasteiger partial charge in [0.2, 0.25) is 0 Å². The first-order valence-corrected chi connectivity index (χ1v) is 13.4. The molecule has 4 heteroatoms. The first kappa shape index (κ1) is 21.5. The molecule has 0 aliphatic heterocycles. The summed E-state index contributed by atoms with van der Waals surface area (Å²) in [7, 11) is 0. The van der Waals surface area contributed by atoms with Gasteiger partial charge in [0, 0.05) is 39.0 Å². The molecule has 0 fully saturated rings. The Kier molecular flexibility index (Phi) is 4.30. The van der Waals surface area contributed by atoms with Gasteiger partial charge in [-0.1, -0.05) is 72.8 Å². The number of fused-ring (bicyclic) bond motifs is 11. The molecule has 0 unspecified atom stereocenters. The van der Waals surface area contributed by atoms with Crippen molar-refractivity contribution in [3.8, 4) is 0 Å². The van der Waals surface area contributed by atoms with Crippen LogP contribution in [0.3, 0.4) is 0 Å². The zero-order chi connectivity index (χ0) is 26.2. The summed E-state index contributed by atoms with van der Waals surface area (Å²) in [6.07, 6.45) is 0. The van der Waals surface area contributed by atoms with Crippen LogP contribution in [-0.4, -0.2) is 0 Å². The number of anilines is 3. The second-order valence-electron chi connectivity index (χ2n) is 10.1. The Labute approximate surface area is 228 Å². The lowest BCUT2D eigenvalue weighted by molar-refractivity contribution is 0.660. The van der Waals surface area contributed by atoms with Gasteiger partial charge >= 0.3 is 0 Å². The van der Waals surface area contributed by atoms with Crippen LogP contribution in [0.15, 0.2) is 141 Å². The molecule has 6 aromatic carbocycles. The summed E-state index contributed by atoms with van der Waals surface area (Å²) < 4.78 is 19.6. The van der Waals surface area contributed by atoms with E-state index >= 15 is 0 Å². The van der Waals surface area contributed by atoms with Crippen molar-refractivity contribution in [1.82, 2.24) is 0 Å². The van der Waals surface area contributed by atoms with Crippen LogP contribution in [0.1, 0.15) is 0 Å². The maximum atomic E-state index is 6.72. The first-order valence-electron chi connectivity index (χ1n) is 13.4. The first-order chi connectivity index (χ1) is 19.8. The molecule has 0 radical (unpaired) electrons. The smallest absolute Gasteiger partial charge is 0.149 e. The fourth-order valence-corrected chi connectivity index (χ4v) is 6.18. The molecule has 0 amide bonds. The highest BCUT2D eigenvalue weighted by Crippen LogP contribution is 2.49. The Morgan fingerprint density at radius 2 is 0.900 bits per heavy atom. The molecule has 0 bridgehead atoms. The van der Waals surface area contributed by atoms with Gasteiger partial charge in [0.05, 0.1) is 16.5 Å². The standard InChI is InChI=1S/C36H21NO3/c1-3-11-22(12-4-1)37(23-13-5-2-6-14-23)26-21-31-35(36-32(26)24-15-7-10-18-28(24)40-36)34-30(39-31)20-19-29-33(34)25-16-8-9-17-27(25)38-29/h1-21H. The maximum Gasteiger partial charge on any atom is 0.149 e. The van der Waals surface area contributed by atoms with Crippen LogP contribution in [0.25, 0.3) is 65.8 Å². The third-order valence-corrected chi connectivity index (χ3v) is 7.84. The SMILES string of the molecule is c1ccc(N(c2ccccc2)c2cc3oc4ccc5oc6ccccc6c5c4c3c3oc4ccccc4c23)cc1. The number of rotatable bonds is 3. The van der Waals surface area contributed by atoms with E-state index in [4.69, 9.17) is 13.3 Å². The summed E-state index contributed by atoms with van der Waals surface area (Å²) >= 11 is 0. The third-order valence-electron chi connectivity index (χ3n) is 7.84. The molecule has 0 atom stereocenters. The quantitative estimate of drug-likeness (QED) is 0.235. The zero-order valence-corrected chi connectivity index (χ0v) is 21.3. The van der Waals surface area contributed by atoms with Crippen LogP contribution in [0.4, 0.5) is 17.1 Å². The molecule has 0 aliphatic rings. The Bertz CT molecular complexity index is 2340. The molecule has 40 heavy (non-hydrogen) atoms. The monoisotopic (exact) mass is 515 g/mol. The highest BCUT2D eigenvalue weighted by atomic mass is 16.3. The van der Waals surface area contributed by atoms with E-state index in [0.717, 1.165) is 82.9 Å². The molecule has 3 heterocycles. The van der Waals surface area contributed by atoms with Crippen LogP contribution in [-0.2, 0) is 0 Å². The summed E-state index contributed by atoms with van der Waals surface area (Å²) in [5, 5.41) is 6.19. The van der Waals surface area contributed by atoms with E-state index in [1.807, 2.05) is 54.6 Å². The van der Waals surface area contributed by atoms with E-state index in [-0.39, 0.29) is 0 Å². The molecule has 9 rings (SSSR count). The Hall–Kier alpha value is -5.48. The lowest BCUT2D eigenvalue weighted by atomic mass is 10.0. The molecule has 188 valence electrons. The summed E-state index contributed by atoms with van der Waals surface area (Å²) in [6, 6.07) is 43.4. The van der Waals surface area contributed by atoms with Gasteiger partial charge in [-0.15, -0.1) is 0 Å². The molecular weight excluding hydrogens is 494 g/mol. The molecule has 0 spiro atoms. The van der Waals surface area contributed by atoms with Crippen molar-refractivity contribution < 1.29 is 13.3 Å². The van der Waals surface area contributed by atoms with E-state index in [2.05, 4.69) is 77.7 Å². The van der Waals surface area contributed by atoms with E-state index in [0.29, 0.717) is 0 Å². The Morgan fingerprint density at radius 3 is 1.57 bits per heavy atom. The predicted octanol–water partition coefficient (Wildman–Crippen LogP) is 10.9. The fraction of sp³-hybridized carbons (Fsp3) is 0. The van der Waals surface area contributed by atoms with Crippen LogP contribution in [0.5, 0.6) is 0 Å². The molecule has 0 aliphatic carbocycles. The van der Waals surface area contributed by atoms with E-state index in [9.17, 15) is 0 Å². The number of benzene rings is 6. The summed E-state index contributed by atoms with van der Waals surface area (Å²) in [5.74, 6) is 0. The van der Waals surface area contributed by atoms with Crippen molar-refractivity contribution in [1.29, 1.82) is 0 Å². The summed E-state index contributed by atoms with van der Waals surface area (Å²) in [4.78, 5) is 2.28. The molecule has 9 aromatic rings. The Morgan fingerprint density at radius 1 is 0.375 bits per heavy atom. The number of hydrogen-bond acceptors (Lipinski definition) is 4. The van der Waals surface area contributed by atoms with Crippen molar-refractivity contribution in [2.24, 2.45) is 0 Å². The van der Waals surface area contributed by atoms with E-state index in [1.165, 1.54) is 0 Å². The number of furan rings is 3. The van der Waals surface area contributed by atoms with Gasteiger partial charge in [-0.25, -0.2) is 0 Å². The average molecular weight is 516 g/mol. The normalized spacial score (nSPS) is 12.0.